The molecular weight excluding hydrogens is 291 g/mol. The number of nitrogens with zero attached hydrogens (tertiary/aromatic N) is 2. The summed E-state index contributed by atoms with van der Waals surface area (Å²) in [6, 6.07) is 6.77. The monoisotopic (exact) mass is 308 g/mol. The highest BCUT2D eigenvalue weighted by Crippen LogP contribution is 2.30. The van der Waals surface area contributed by atoms with Crippen molar-refractivity contribution in [3.63, 3.8) is 0 Å². The Morgan fingerprint density at radius 3 is 2.86 bits per heavy atom. The maximum Gasteiger partial charge on any atom is 0.156 e. The minimum Gasteiger partial charge on any atom is -0.369 e. The zero-order valence-electron chi connectivity index (χ0n) is 12.0. The molecule has 1 aliphatic heterocycles. The lowest BCUT2D eigenvalue weighted by Gasteiger charge is -2.33. The number of anilines is 1. The lowest BCUT2D eigenvalue weighted by Crippen LogP contribution is -2.45. The van der Waals surface area contributed by atoms with Gasteiger partial charge in [-0.15, -0.1) is 0 Å². The number of aryl methyl sites for hydroxylation is 1. The molecule has 1 saturated heterocycles. The van der Waals surface area contributed by atoms with E-state index >= 15 is 0 Å². The number of aromatic nitrogens is 1. The van der Waals surface area contributed by atoms with Crippen molar-refractivity contribution in [3.8, 4) is 0 Å². The molecule has 0 aliphatic carbocycles. The van der Waals surface area contributed by atoms with Crippen LogP contribution in [0.5, 0.6) is 0 Å². The lowest BCUT2D eigenvalue weighted by atomic mass is 10.1. The Morgan fingerprint density at radius 1 is 1.38 bits per heavy atom. The topological polar surface area (TPSA) is 50.3 Å². The summed E-state index contributed by atoms with van der Waals surface area (Å²) in [5.74, 6) is -0.220. The number of fused-ring (bicyclic) bond motifs is 1. The summed E-state index contributed by atoms with van der Waals surface area (Å²) in [5, 5.41) is 0.315. The maximum absolute atomic E-state index is 13.9. The van der Waals surface area contributed by atoms with Gasteiger partial charge in [-0.3, -0.25) is 0 Å². The van der Waals surface area contributed by atoms with E-state index in [0.29, 0.717) is 18.6 Å². The second-order valence-electron chi connectivity index (χ2n) is 5.54. The Morgan fingerprint density at radius 2 is 2.14 bits per heavy atom. The summed E-state index contributed by atoms with van der Waals surface area (Å²) in [4.78, 5) is 6.27. The van der Waals surface area contributed by atoms with Gasteiger partial charge >= 0.3 is 0 Å². The van der Waals surface area contributed by atoms with E-state index in [4.69, 9.17) is 0 Å². The van der Waals surface area contributed by atoms with E-state index in [2.05, 4.69) is 4.98 Å². The fourth-order valence-corrected chi connectivity index (χ4v) is 4.04. The summed E-state index contributed by atoms with van der Waals surface area (Å²) in [6.07, 6.45) is 0. The van der Waals surface area contributed by atoms with Gasteiger partial charge in [-0.05, 0) is 26.0 Å². The zero-order valence-corrected chi connectivity index (χ0v) is 12.8. The van der Waals surface area contributed by atoms with E-state index in [1.54, 1.807) is 13.0 Å². The van der Waals surface area contributed by atoms with Crippen LogP contribution < -0.4 is 4.90 Å². The lowest BCUT2D eigenvalue weighted by molar-refractivity contribution is 0.569. The van der Waals surface area contributed by atoms with Crippen LogP contribution in [0.3, 0.4) is 0 Å². The Kier molecular flexibility index (Phi) is 3.36. The Hall–Kier alpha value is -1.69. The number of rotatable bonds is 1. The van der Waals surface area contributed by atoms with Gasteiger partial charge in [-0.2, -0.15) is 0 Å². The van der Waals surface area contributed by atoms with Gasteiger partial charge in [-0.1, -0.05) is 12.1 Å². The Labute approximate surface area is 123 Å². The van der Waals surface area contributed by atoms with E-state index < -0.39 is 15.1 Å². The van der Waals surface area contributed by atoms with Crippen molar-refractivity contribution in [2.45, 2.75) is 19.1 Å². The quantitative estimate of drug-likeness (QED) is 0.811. The first-order valence-electron chi connectivity index (χ1n) is 6.91. The molecule has 1 aromatic heterocycles. The molecule has 0 N–H and O–H groups in total. The number of para-hydroxylation sites is 1. The molecule has 1 aliphatic rings. The molecule has 0 spiro atoms. The van der Waals surface area contributed by atoms with E-state index in [1.165, 1.54) is 6.07 Å². The molecule has 0 saturated carbocycles. The van der Waals surface area contributed by atoms with Gasteiger partial charge in [0, 0.05) is 29.9 Å². The van der Waals surface area contributed by atoms with E-state index in [-0.39, 0.29) is 11.6 Å². The van der Waals surface area contributed by atoms with Crippen molar-refractivity contribution in [1.82, 2.24) is 4.98 Å². The predicted molar refractivity (Wildman–Crippen MR) is 81.9 cm³/mol. The van der Waals surface area contributed by atoms with E-state index in [9.17, 15) is 12.8 Å². The third-order valence-corrected chi connectivity index (χ3v) is 6.10. The fourth-order valence-electron chi connectivity index (χ4n) is 2.75. The molecule has 21 heavy (non-hydrogen) atoms. The van der Waals surface area contributed by atoms with E-state index in [1.807, 2.05) is 24.0 Å². The molecule has 1 unspecified atom stereocenters. The minimum atomic E-state index is -3.01. The Bertz CT molecular complexity index is 805. The number of hydrogen-bond donors (Lipinski definition) is 0. The number of pyridine rings is 1. The van der Waals surface area contributed by atoms with Crippen LogP contribution in [-0.2, 0) is 9.84 Å². The third-order valence-electron chi connectivity index (χ3n) is 3.97. The van der Waals surface area contributed by atoms with Crippen molar-refractivity contribution in [2.75, 3.05) is 23.7 Å². The van der Waals surface area contributed by atoms with Crippen LogP contribution in [0.4, 0.5) is 10.1 Å². The van der Waals surface area contributed by atoms with Gasteiger partial charge in [0.05, 0.1) is 11.0 Å². The van der Waals surface area contributed by atoms with Gasteiger partial charge in [0.25, 0.3) is 0 Å². The fraction of sp³-hybridized carbons (Fsp3) is 0.400. The van der Waals surface area contributed by atoms with Crippen LogP contribution in [0.25, 0.3) is 10.9 Å². The summed E-state index contributed by atoms with van der Waals surface area (Å²) >= 11 is 0. The summed E-state index contributed by atoms with van der Waals surface area (Å²) in [6.45, 7) is 4.40. The van der Waals surface area contributed by atoms with Crippen LogP contribution >= 0.6 is 0 Å². The highest BCUT2D eigenvalue weighted by Gasteiger charge is 2.30. The van der Waals surface area contributed by atoms with Crippen LogP contribution in [0.1, 0.15) is 12.6 Å². The molecule has 0 amide bonds. The molecule has 2 heterocycles. The normalized spacial score (nSPS) is 21.7. The standard InChI is InChI=1S/C15H17FN2O2S/c1-10-8-14(12-4-3-5-13(16)15(12)17-10)18-6-7-21(19,20)11(2)9-18/h3-5,8,11H,6-7,9H2,1-2H3. The maximum atomic E-state index is 13.9. The van der Waals surface area contributed by atoms with Crippen LogP contribution in [-0.4, -0.2) is 37.5 Å². The highest BCUT2D eigenvalue weighted by molar-refractivity contribution is 7.92. The number of halogens is 1. The average Bonchev–Trinajstić information content (AvgIpc) is 2.42. The van der Waals surface area contributed by atoms with Crippen molar-refractivity contribution >= 4 is 26.4 Å². The SMILES string of the molecule is Cc1cc(N2CCS(=O)(=O)C(C)C2)c2cccc(F)c2n1. The minimum absolute atomic E-state index is 0.131. The van der Waals surface area contributed by atoms with E-state index in [0.717, 1.165) is 16.8 Å². The Balaban J connectivity index is 2.11. The number of hydrogen-bond acceptors (Lipinski definition) is 4. The first kappa shape index (κ1) is 14.3. The summed E-state index contributed by atoms with van der Waals surface area (Å²) in [7, 11) is -3.01. The molecule has 1 atom stereocenters. The number of benzene rings is 1. The summed E-state index contributed by atoms with van der Waals surface area (Å²) < 4.78 is 37.6. The van der Waals surface area contributed by atoms with Crippen molar-refractivity contribution in [3.05, 3.63) is 35.8 Å². The van der Waals surface area contributed by atoms with Crippen molar-refractivity contribution in [1.29, 1.82) is 0 Å². The van der Waals surface area contributed by atoms with Crippen LogP contribution in [0, 0.1) is 12.7 Å². The van der Waals surface area contributed by atoms with Gasteiger partial charge in [0.2, 0.25) is 0 Å². The second-order valence-corrected chi connectivity index (χ2v) is 8.08. The van der Waals surface area contributed by atoms with Gasteiger partial charge in [0.1, 0.15) is 11.3 Å². The summed E-state index contributed by atoms with van der Waals surface area (Å²) in [5.41, 5.74) is 1.93. The first-order valence-corrected chi connectivity index (χ1v) is 8.62. The van der Waals surface area contributed by atoms with Crippen molar-refractivity contribution in [2.24, 2.45) is 0 Å². The smallest absolute Gasteiger partial charge is 0.156 e. The van der Waals surface area contributed by atoms with Crippen molar-refractivity contribution < 1.29 is 12.8 Å². The first-order chi connectivity index (χ1) is 9.88. The molecule has 4 nitrogen and oxygen atoms in total. The molecule has 3 rings (SSSR count). The van der Waals surface area contributed by atoms with Crippen LogP contribution in [0.2, 0.25) is 0 Å². The van der Waals surface area contributed by atoms with Gasteiger partial charge in [0.15, 0.2) is 9.84 Å². The van der Waals surface area contributed by atoms with Gasteiger partial charge in [-0.25, -0.2) is 17.8 Å². The number of sulfone groups is 1. The van der Waals surface area contributed by atoms with Gasteiger partial charge < -0.3 is 4.90 Å². The molecular formula is C15H17FN2O2S. The largest absolute Gasteiger partial charge is 0.369 e. The zero-order chi connectivity index (χ0) is 15.2. The molecule has 6 heteroatoms. The third kappa shape index (κ3) is 2.48. The van der Waals surface area contributed by atoms with Crippen LogP contribution in [0.15, 0.2) is 24.3 Å². The second kappa shape index (κ2) is 4.94. The average molecular weight is 308 g/mol. The molecule has 0 radical (unpaired) electrons. The molecule has 1 fully saturated rings. The molecule has 112 valence electrons. The molecule has 0 bridgehead atoms. The molecule has 1 aromatic carbocycles. The predicted octanol–water partition coefficient (Wildman–Crippen LogP) is 2.31. The highest BCUT2D eigenvalue weighted by atomic mass is 32.2. The molecule has 2 aromatic rings.